The van der Waals surface area contributed by atoms with Crippen molar-refractivity contribution in [2.45, 2.75) is 57.9 Å². The minimum Gasteiger partial charge on any atom is -0.326 e. The van der Waals surface area contributed by atoms with E-state index in [0.717, 1.165) is 23.7 Å². The molecule has 1 fully saturated rings. The molecule has 1 aromatic rings. The highest BCUT2D eigenvalue weighted by Crippen LogP contribution is 2.35. The molecule has 0 aromatic heterocycles. The molecule has 3 nitrogen and oxygen atoms in total. The number of fused-ring (bicyclic) bond motifs is 1. The van der Waals surface area contributed by atoms with E-state index in [1.807, 2.05) is 0 Å². The van der Waals surface area contributed by atoms with E-state index >= 15 is 0 Å². The van der Waals surface area contributed by atoms with Crippen LogP contribution in [0.15, 0.2) is 18.2 Å². The number of carbonyl (C=O) groups is 1. The van der Waals surface area contributed by atoms with Gasteiger partial charge in [0.1, 0.15) is 0 Å². The van der Waals surface area contributed by atoms with Gasteiger partial charge in [-0.25, -0.2) is 0 Å². The molecule has 0 radical (unpaired) electrons. The Morgan fingerprint density at radius 2 is 2.00 bits per heavy atom. The van der Waals surface area contributed by atoms with Crippen LogP contribution in [0.4, 0.5) is 5.69 Å². The van der Waals surface area contributed by atoms with Crippen molar-refractivity contribution in [3.05, 3.63) is 29.3 Å². The summed E-state index contributed by atoms with van der Waals surface area (Å²) >= 11 is 0. The Balaban J connectivity index is 1.83. The van der Waals surface area contributed by atoms with Crippen molar-refractivity contribution in [2.75, 3.05) is 11.9 Å². The van der Waals surface area contributed by atoms with E-state index in [-0.39, 0.29) is 5.91 Å². The van der Waals surface area contributed by atoms with Gasteiger partial charge in [0, 0.05) is 11.7 Å². The average Bonchev–Trinajstić information content (AvgIpc) is 2.68. The Bertz CT molecular complexity index is 504. The summed E-state index contributed by atoms with van der Waals surface area (Å²) in [7, 11) is 0. The smallest absolute Gasteiger partial charge is 0.228 e. The maximum atomic E-state index is 11.5. The first kappa shape index (κ1) is 14.6. The van der Waals surface area contributed by atoms with Crippen LogP contribution in [0, 0.1) is 5.92 Å². The summed E-state index contributed by atoms with van der Waals surface area (Å²) in [6.07, 6.45) is 8.68. The van der Waals surface area contributed by atoms with Crippen LogP contribution in [0.2, 0.25) is 0 Å². The Hall–Kier alpha value is -1.35. The SMILES string of the molecule is CCNC(c1ccc2c(c1)CC(=O)N2)C1CCCCCC1. The first-order chi connectivity index (χ1) is 10.3. The molecule has 1 aliphatic carbocycles. The van der Waals surface area contributed by atoms with E-state index in [9.17, 15) is 4.79 Å². The minimum absolute atomic E-state index is 0.122. The molecule has 114 valence electrons. The highest BCUT2D eigenvalue weighted by molar-refractivity contribution is 5.99. The largest absolute Gasteiger partial charge is 0.326 e. The van der Waals surface area contributed by atoms with Gasteiger partial charge in [0.25, 0.3) is 0 Å². The number of rotatable bonds is 4. The second kappa shape index (κ2) is 6.61. The van der Waals surface area contributed by atoms with Crippen LogP contribution in [0.3, 0.4) is 0 Å². The zero-order valence-electron chi connectivity index (χ0n) is 13.0. The molecule has 21 heavy (non-hydrogen) atoms. The number of amides is 1. The van der Waals surface area contributed by atoms with Crippen molar-refractivity contribution >= 4 is 11.6 Å². The Morgan fingerprint density at radius 1 is 1.24 bits per heavy atom. The van der Waals surface area contributed by atoms with Crippen molar-refractivity contribution < 1.29 is 4.79 Å². The summed E-state index contributed by atoms with van der Waals surface area (Å²) in [5, 5.41) is 6.62. The van der Waals surface area contributed by atoms with Gasteiger partial charge in [-0.1, -0.05) is 44.7 Å². The number of hydrogen-bond donors (Lipinski definition) is 2. The van der Waals surface area contributed by atoms with E-state index in [1.54, 1.807) is 0 Å². The van der Waals surface area contributed by atoms with E-state index in [2.05, 4.69) is 35.8 Å². The van der Waals surface area contributed by atoms with E-state index in [4.69, 9.17) is 0 Å². The summed E-state index contributed by atoms with van der Waals surface area (Å²) in [6, 6.07) is 6.96. The molecule has 1 saturated carbocycles. The van der Waals surface area contributed by atoms with Gasteiger partial charge in [0.15, 0.2) is 0 Å². The third-order valence-corrected chi connectivity index (χ3v) is 4.91. The van der Waals surface area contributed by atoms with Crippen LogP contribution in [-0.4, -0.2) is 12.5 Å². The molecular weight excluding hydrogens is 260 g/mol. The van der Waals surface area contributed by atoms with Crippen molar-refractivity contribution in [3.63, 3.8) is 0 Å². The lowest BCUT2D eigenvalue weighted by atomic mass is 9.86. The molecule has 2 N–H and O–H groups in total. The molecule has 1 amide bonds. The number of hydrogen-bond acceptors (Lipinski definition) is 2. The average molecular weight is 286 g/mol. The fourth-order valence-electron chi connectivity index (χ4n) is 3.86. The van der Waals surface area contributed by atoms with Gasteiger partial charge in [0.05, 0.1) is 6.42 Å². The number of benzene rings is 1. The molecule has 1 unspecified atom stereocenters. The van der Waals surface area contributed by atoms with Crippen molar-refractivity contribution in [1.29, 1.82) is 0 Å². The third-order valence-electron chi connectivity index (χ3n) is 4.91. The maximum absolute atomic E-state index is 11.5. The van der Waals surface area contributed by atoms with Crippen LogP contribution >= 0.6 is 0 Å². The summed E-state index contributed by atoms with van der Waals surface area (Å²) in [4.78, 5) is 11.5. The van der Waals surface area contributed by atoms with Crippen LogP contribution in [0.5, 0.6) is 0 Å². The van der Waals surface area contributed by atoms with Crippen molar-refractivity contribution in [3.8, 4) is 0 Å². The molecule has 0 saturated heterocycles. The summed E-state index contributed by atoms with van der Waals surface area (Å²) in [5.41, 5.74) is 3.52. The van der Waals surface area contributed by atoms with E-state index in [1.165, 1.54) is 44.1 Å². The van der Waals surface area contributed by atoms with Gasteiger partial charge in [-0.05, 0) is 42.5 Å². The molecule has 3 heteroatoms. The molecule has 0 spiro atoms. The monoisotopic (exact) mass is 286 g/mol. The lowest BCUT2D eigenvalue weighted by Gasteiger charge is -2.28. The molecule has 2 aliphatic rings. The second-order valence-corrected chi connectivity index (χ2v) is 6.43. The predicted octanol–water partition coefficient (Wildman–Crippen LogP) is 3.80. The Morgan fingerprint density at radius 3 is 2.71 bits per heavy atom. The lowest BCUT2D eigenvalue weighted by Crippen LogP contribution is -2.28. The molecule has 0 bridgehead atoms. The molecule has 1 aliphatic heterocycles. The lowest BCUT2D eigenvalue weighted by molar-refractivity contribution is -0.115. The molecule has 1 aromatic carbocycles. The summed E-state index contributed by atoms with van der Waals surface area (Å²) in [5.74, 6) is 0.854. The van der Waals surface area contributed by atoms with Gasteiger partial charge in [-0.3, -0.25) is 4.79 Å². The predicted molar refractivity (Wildman–Crippen MR) is 86.4 cm³/mol. The zero-order valence-corrected chi connectivity index (χ0v) is 13.0. The van der Waals surface area contributed by atoms with Crippen LogP contribution in [-0.2, 0) is 11.2 Å². The first-order valence-corrected chi connectivity index (χ1v) is 8.44. The molecular formula is C18H26N2O. The van der Waals surface area contributed by atoms with E-state index in [0.29, 0.717) is 12.5 Å². The van der Waals surface area contributed by atoms with Gasteiger partial charge >= 0.3 is 0 Å². The Kier molecular flexibility index (Phi) is 4.59. The zero-order chi connectivity index (χ0) is 14.7. The van der Waals surface area contributed by atoms with E-state index < -0.39 is 0 Å². The normalized spacial score (nSPS) is 20.7. The van der Waals surface area contributed by atoms with Crippen molar-refractivity contribution in [2.24, 2.45) is 5.92 Å². The highest BCUT2D eigenvalue weighted by atomic mass is 16.1. The Labute approximate surface area is 127 Å². The number of anilines is 1. The maximum Gasteiger partial charge on any atom is 0.228 e. The molecule has 1 heterocycles. The third kappa shape index (κ3) is 3.29. The van der Waals surface area contributed by atoms with Crippen LogP contribution in [0.25, 0.3) is 0 Å². The fourth-order valence-corrected chi connectivity index (χ4v) is 3.86. The summed E-state index contributed by atoms with van der Waals surface area (Å²) in [6.45, 7) is 3.18. The van der Waals surface area contributed by atoms with Crippen LogP contribution in [0.1, 0.15) is 62.6 Å². The number of nitrogens with one attached hydrogen (secondary N) is 2. The quantitative estimate of drug-likeness (QED) is 0.827. The highest BCUT2D eigenvalue weighted by Gasteiger charge is 2.25. The van der Waals surface area contributed by atoms with Crippen molar-refractivity contribution in [1.82, 2.24) is 5.32 Å². The second-order valence-electron chi connectivity index (χ2n) is 6.43. The van der Waals surface area contributed by atoms with Gasteiger partial charge in [-0.2, -0.15) is 0 Å². The molecule has 1 atom stereocenters. The van der Waals surface area contributed by atoms with Gasteiger partial charge in [0.2, 0.25) is 5.91 Å². The van der Waals surface area contributed by atoms with Gasteiger partial charge < -0.3 is 10.6 Å². The topological polar surface area (TPSA) is 41.1 Å². The standard InChI is InChI=1S/C18H26N2O/c1-2-19-18(13-7-5-3-4-6-8-13)14-9-10-16-15(11-14)12-17(21)20-16/h9-11,13,18-19H,2-8,12H2,1H3,(H,20,21). The van der Waals surface area contributed by atoms with Gasteiger partial charge in [-0.15, -0.1) is 0 Å². The minimum atomic E-state index is 0.122. The number of carbonyl (C=O) groups excluding carboxylic acids is 1. The van der Waals surface area contributed by atoms with Crippen LogP contribution < -0.4 is 10.6 Å². The fraction of sp³-hybridized carbons (Fsp3) is 0.611. The summed E-state index contributed by atoms with van der Waals surface area (Å²) < 4.78 is 0. The molecule has 3 rings (SSSR count). The first-order valence-electron chi connectivity index (χ1n) is 8.44.